The number of nitrogens with one attached hydrogen (secondary N) is 1. The van der Waals surface area contributed by atoms with Crippen molar-refractivity contribution in [2.75, 3.05) is 0 Å². The molecule has 15 heavy (non-hydrogen) atoms. The molecule has 0 aliphatic carbocycles. The molecule has 0 saturated carbocycles. The summed E-state index contributed by atoms with van der Waals surface area (Å²) in [5, 5.41) is 7.38. The molecule has 0 atom stereocenters. The Balaban J connectivity index is 2.57. The van der Waals surface area contributed by atoms with Gasteiger partial charge in [0.2, 0.25) is 0 Å². The molecular formula is C12H15N3. The summed E-state index contributed by atoms with van der Waals surface area (Å²) in [5.74, 6) is 0.421. The maximum absolute atomic E-state index is 4.34. The number of aryl methyl sites for hydroxylation is 1. The molecule has 0 radical (unpaired) electrons. The van der Waals surface area contributed by atoms with Crippen molar-refractivity contribution in [1.82, 2.24) is 15.2 Å². The number of hydrogen-bond acceptors (Lipinski definition) is 2. The second-order valence-electron chi connectivity index (χ2n) is 4.01. The van der Waals surface area contributed by atoms with Gasteiger partial charge in [0.15, 0.2) is 0 Å². The van der Waals surface area contributed by atoms with Gasteiger partial charge in [-0.1, -0.05) is 19.9 Å². The van der Waals surface area contributed by atoms with Gasteiger partial charge < -0.3 is 0 Å². The first-order valence-electron chi connectivity index (χ1n) is 5.15. The molecule has 0 aliphatic rings. The van der Waals surface area contributed by atoms with Crippen molar-refractivity contribution in [1.29, 1.82) is 0 Å². The van der Waals surface area contributed by atoms with Crippen LogP contribution in [0.1, 0.15) is 31.2 Å². The first-order valence-corrected chi connectivity index (χ1v) is 5.15. The van der Waals surface area contributed by atoms with E-state index in [4.69, 9.17) is 0 Å². The molecule has 2 heterocycles. The standard InChI is InChI=1S/C12H15N3/c1-8(2)12-11(9(3)14-15-12)10-5-4-6-13-7-10/h4-8H,1-3H3,(H,14,15). The normalized spacial score (nSPS) is 10.9. The number of pyridine rings is 1. The molecule has 0 aromatic carbocycles. The van der Waals surface area contributed by atoms with Crippen molar-refractivity contribution >= 4 is 0 Å². The van der Waals surface area contributed by atoms with E-state index in [1.807, 2.05) is 19.2 Å². The van der Waals surface area contributed by atoms with E-state index in [-0.39, 0.29) is 0 Å². The summed E-state index contributed by atoms with van der Waals surface area (Å²) in [6, 6.07) is 4.02. The molecule has 0 bridgehead atoms. The molecule has 2 aromatic heterocycles. The lowest BCUT2D eigenvalue weighted by Crippen LogP contribution is -1.91. The number of hydrogen-bond donors (Lipinski definition) is 1. The molecule has 1 N–H and O–H groups in total. The summed E-state index contributed by atoms with van der Waals surface area (Å²) in [6.45, 7) is 6.34. The van der Waals surface area contributed by atoms with Gasteiger partial charge in [-0.25, -0.2) is 0 Å². The summed E-state index contributed by atoms with van der Waals surface area (Å²) in [7, 11) is 0. The maximum Gasteiger partial charge on any atom is 0.0729 e. The van der Waals surface area contributed by atoms with Crippen LogP contribution in [0.3, 0.4) is 0 Å². The zero-order chi connectivity index (χ0) is 10.8. The van der Waals surface area contributed by atoms with Crippen LogP contribution in [0.2, 0.25) is 0 Å². The van der Waals surface area contributed by atoms with Gasteiger partial charge in [-0.3, -0.25) is 10.1 Å². The van der Waals surface area contributed by atoms with E-state index in [2.05, 4.69) is 35.1 Å². The minimum Gasteiger partial charge on any atom is -0.282 e. The highest BCUT2D eigenvalue weighted by molar-refractivity contribution is 5.68. The smallest absolute Gasteiger partial charge is 0.0729 e. The van der Waals surface area contributed by atoms with Crippen molar-refractivity contribution in [3.8, 4) is 11.1 Å². The van der Waals surface area contributed by atoms with E-state index >= 15 is 0 Å². The fourth-order valence-electron chi connectivity index (χ4n) is 1.74. The van der Waals surface area contributed by atoms with Crippen LogP contribution in [0.4, 0.5) is 0 Å². The molecule has 0 unspecified atom stereocenters. The van der Waals surface area contributed by atoms with Crippen LogP contribution in [0.15, 0.2) is 24.5 Å². The second kappa shape index (κ2) is 3.85. The Kier molecular flexibility index (Phi) is 2.54. The Hall–Kier alpha value is -1.64. The molecular weight excluding hydrogens is 186 g/mol. The SMILES string of the molecule is Cc1[nH]nc(C(C)C)c1-c1cccnc1. The van der Waals surface area contributed by atoms with E-state index in [0.717, 1.165) is 17.0 Å². The van der Waals surface area contributed by atoms with Crippen molar-refractivity contribution < 1.29 is 0 Å². The predicted octanol–water partition coefficient (Wildman–Crippen LogP) is 2.90. The lowest BCUT2D eigenvalue weighted by atomic mass is 9.99. The van der Waals surface area contributed by atoms with E-state index < -0.39 is 0 Å². The van der Waals surface area contributed by atoms with Gasteiger partial charge in [0.1, 0.15) is 0 Å². The summed E-state index contributed by atoms with van der Waals surface area (Å²) < 4.78 is 0. The van der Waals surface area contributed by atoms with E-state index in [1.54, 1.807) is 6.20 Å². The molecule has 0 aliphatic heterocycles. The van der Waals surface area contributed by atoms with Gasteiger partial charge in [0, 0.05) is 29.2 Å². The van der Waals surface area contributed by atoms with Crippen LogP contribution in [0.5, 0.6) is 0 Å². The minimum absolute atomic E-state index is 0.421. The molecule has 2 rings (SSSR count). The molecule has 0 fully saturated rings. The Labute approximate surface area is 89.6 Å². The Morgan fingerprint density at radius 3 is 2.73 bits per heavy atom. The number of aromatic nitrogens is 3. The van der Waals surface area contributed by atoms with Crippen molar-refractivity contribution in [3.63, 3.8) is 0 Å². The zero-order valence-corrected chi connectivity index (χ0v) is 9.28. The summed E-state index contributed by atoms with van der Waals surface area (Å²) in [4.78, 5) is 4.14. The first-order chi connectivity index (χ1) is 7.20. The Bertz CT molecular complexity index is 443. The topological polar surface area (TPSA) is 41.6 Å². The molecule has 0 amide bonds. The molecule has 78 valence electrons. The zero-order valence-electron chi connectivity index (χ0n) is 9.28. The molecule has 2 aromatic rings. The van der Waals surface area contributed by atoms with Crippen LogP contribution < -0.4 is 0 Å². The Morgan fingerprint density at radius 2 is 2.13 bits per heavy atom. The highest BCUT2D eigenvalue weighted by atomic mass is 15.1. The summed E-state index contributed by atoms with van der Waals surface area (Å²) in [6.07, 6.45) is 3.66. The van der Waals surface area contributed by atoms with Crippen LogP contribution in [-0.4, -0.2) is 15.2 Å². The summed E-state index contributed by atoms with van der Waals surface area (Å²) >= 11 is 0. The summed E-state index contributed by atoms with van der Waals surface area (Å²) in [5.41, 5.74) is 4.54. The molecule has 3 heteroatoms. The average molecular weight is 201 g/mol. The van der Waals surface area contributed by atoms with Gasteiger partial charge in [0.25, 0.3) is 0 Å². The van der Waals surface area contributed by atoms with Gasteiger partial charge in [-0.15, -0.1) is 0 Å². The van der Waals surface area contributed by atoms with Crippen molar-refractivity contribution in [2.45, 2.75) is 26.7 Å². The van der Waals surface area contributed by atoms with E-state index in [0.29, 0.717) is 5.92 Å². The Morgan fingerprint density at radius 1 is 1.33 bits per heavy atom. The van der Waals surface area contributed by atoms with Gasteiger partial charge in [0.05, 0.1) is 5.69 Å². The van der Waals surface area contributed by atoms with Crippen molar-refractivity contribution in [3.05, 3.63) is 35.9 Å². The third kappa shape index (κ3) is 1.77. The third-order valence-electron chi connectivity index (χ3n) is 2.47. The number of aromatic amines is 1. The van der Waals surface area contributed by atoms with Gasteiger partial charge in [-0.05, 0) is 18.9 Å². The second-order valence-corrected chi connectivity index (χ2v) is 4.01. The predicted molar refractivity (Wildman–Crippen MR) is 60.6 cm³/mol. The number of nitrogens with zero attached hydrogens (tertiary/aromatic N) is 2. The molecule has 0 spiro atoms. The lowest BCUT2D eigenvalue weighted by molar-refractivity contribution is 0.811. The number of H-pyrrole nitrogens is 1. The fraction of sp³-hybridized carbons (Fsp3) is 0.333. The fourth-order valence-corrected chi connectivity index (χ4v) is 1.74. The maximum atomic E-state index is 4.34. The molecule has 0 saturated heterocycles. The van der Waals surface area contributed by atoms with Gasteiger partial charge >= 0.3 is 0 Å². The molecule has 3 nitrogen and oxygen atoms in total. The number of rotatable bonds is 2. The van der Waals surface area contributed by atoms with Crippen LogP contribution >= 0.6 is 0 Å². The first kappa shape index (κ1) is 9.90. The quantitative estimate of drug-likeness (QED) is 0.811. The average Bonchev–Trinajstić information content (AvgIpc) is 2.61. The van der Waals surface area contributed by atoms with Crippen LogP contribution in [0, 0.1) is 6.92 Å². The lowest BCUT2D eigenvalue weighted by Gasteiger charge is -2.05. The highest BCUT2D eigenvalue weighted by Crippen LogP contribution is 2.29. The van der Waals surface area contributed by atoms with Crippen LogP contribution in [-0.2, 0) is 0 Å². The van der Waals surface area contributed by atoms with E-state index in [1.165, 1.54) is 5.56 Å². The van der Waals surface area contributed by atoms with E-state index in [9.17, 15) is 0 Å². The van der Waals surface area contributed by atoms with Gasteiger partial charge in [-0.2, -0.15) is 5.10 Å². The largest absolute Gasteiger partial charge is 0.282 e. The highest BCUT2D eigenvalue weighted by Gasteiger charge is 2.14. The minimum atomic E-state index is 0.421. The monoisotopic (exact) mass is 201 g/mol. The van der Waals surface area contributed by atoms with Crippen molar-refractivity contribution in [2.24, 2.45) is 0 Å². The third-order valence-corrected chi connectivity index (χ3v) is 2.47. The van der Waals surface area contributed by atoms with Crippen LogP contribution in [0.25, 0.3) is 11.1 Å².